The summed E-state index contributed by atoms with van der Waals surface area (Å²) in [5.74, 6) is 1.09. The molecule has 0 unspecified atom stereocenters. The minimum atomic E-state index is -0.258. The number of pyridine rings is 1. The Hall–Kier alpha value is -1.96. The van der Waals surface area contributed by atoms with Crippen LogP contribution in [-0.4, -0.2) is 47.6 Å². The predicted molar refractivity (Wildman–Crippen MR) is 117 cm³/mol. The number of piperidine rings is 1. The molecule has 6 heterocycles. The van der Waals surface area contributed by atoms with E-state index in [0.29, 0.717) is 23.8 Å². The lowest BCUT2D eigenvalue weighted by Gasteiger charge is -2.44. The maximum atomic E-state index is 13.2. The van der Waals surface area contributed by atoms with Crippen molar-refractivity contribution >= 4 is 23.1 Å². The summed E-state index contributed by atoms with van der Waals surface area (Å²) in [6, 6.07) is 9.02. The number of likely N-dealkylation sites (tertiary alicyclic amines) is 1. The number of nitrogens with zero attached hydrogens (tertiary/aromatic N) is 2. The number of carbonyl (C=O) groups is 1. The molecule has 0 aliphatic carbocycles. The molecule has 3 fully saturated rings. The molecule has 2 bridgehead atoms. The first kappa shape index (κ1) is 18.8. The number of hydrogen-bond donors (Lipinski definition) is 2. The van der Waals surface area contributed by atoms with Crippen LogP contribution in [0.1, 0.15) is 42.5 Å². The highest BCUT2D eigenvalue weighted by Crippen LogP contribution is 2.47. The fourth-order valence-electron chi connectivity index (χ4n) is 5.97. The number of fused-ring (bicyclic) bond motifs is 4. The largest absolute Gasteiger partial charge is 0.384 e. The van der Waals surface area contributed by atoms with Gasteiger partial charge in [-0.05, 0) is 55.9 Å². The molecule has 3 saturated heterocycles. The smallest absolute Gasteiger partial charge is 0.227 e. The van der Waals surface area contributed by atoms with E-state index in [1.165, 1.54) is 16.9 Å². The molecule has 158 valence electrons. The molecule has 1 amide bonds. The predicted octanol–water partition coefficient (Wildman–Crippen LogP) is 2.92. The average molecular weight is 425 g/mol. The molecule has 1 spiro atoms. The standard InChI is InChI=1S/C23H28N4O2S/c24-21-3-1-2-18(26-21)20-13-16-19(30-20)6-11-29-23(16)7-9-27(10-8-23)22(28)15-12-14-4-5-17(15)25-14/h1-3,13-15,17,25H,4-12H2,(H2,24,26)/t14-,15+,17+/m1/s1. The Bertz CT molecular complexity index is 981. The van der Waals surface area contributed by atoms with Crippen molar-refractivity contribution in [1.29, 1.82) is 0 Å². The summed E-state index contributed by atoms with van der Waals surface area (Å²) in [6.45, 7) is 2.32. The fraction of sp³-hybridized carbons (Fsp3) is 0.565. The molecule has 3 atom stereocenters. The summed E-state index contributed by atoms with van der Waals surface area (Å²) in [5.41, 5.74) is 7.88. The zero-order chi connectivity index (χ0) is 20.3. The molecular weight excluding hydrogens is 396 g/mol. The van der Waals surface area contributed by atoms with Crippen molar-refractivity contribution in [2.24, 2.45) is 5.92 Å². The van der Waals surface area contributed by atoms with Crippen LogP contribution in [0.5, 0.6) is 0 Å². The third-order valence-corrected chi connectivity index (χ3v) is 8.75. The Balaban J connectivity index is 1.21. The molecule has 0 radical (unpaired) electrons. The van der Waals surface area contributed by atoms with Gasteiger partial charge in [-0.1, -0.05) is 6.07 Å². The summed E-state index contributed by atoms with van der Waals surface area (Å²) in [5, 5.41) is 3.60. The van der Waals surface area contributed by atoms with Gasteiger partial charge in [0.25, 0.3) is 0 Å². The fourth-order valence-corrected chi connectivity index (χ4v) is 7.17. The Labute approximate surface area is 180 Å². The summed E-state index contributed by atoms with van der Waals surface area (Å²) < 4.78 is 6.42. The van der Waals surface area contributed by atoms with Gasteiger partial charge in [0, 0.05) is 36.5 Å². The zero-order valence-electron chi connectivity index (χ0n) is 17.1. The second-order valence-corrected chi connectivity index (χ2v) is 10.3. The maximum Gasteiger partial charge on any atom is 0.227 e. The molecule has 6 nitrogen and oxygen atoms in total. The number of rotatable bonds is 2. The first-order chi connectivity index (χ1) is 14.6. The van der Waals surface area contributed by atoms with Crippen LogP contribution in [0.3, 0.4) is 0 Å². The van der Waals surface area contributed by atoms with Crippen molar-refractivity contribution in [2.75, 3.05) is 25.4 Å². The van der Waals surface area contributed by atoms with E-state index in [1.807, 2.05) is 29.5 Å². The Morgan fingerprint density at radius 1 is 1.30 bits per heavy atom. The van der Waals surface area contributed by atoms with Crippen molar-refractivity contribution in [2.45, 2.75) is 56.2 Å². The molecule has 4 aliphatic rings. The van der Waals surface area contributed by atoms with E-state index in [4.69, 9.17) is 10.5 Å². The number of anilines is 1. The summed E-state index contributed by atoms with van der Waals surface area (Å²) >= 11 is 1.81. The van der Waals surface area contributed by atoms with Crippen LogP contribution in [0.2, 0.25) is 0 Å². The lowest BCUT2D eigenvalue weighted by Crippen LogP contribution is -2.50. The van der Waals surface area contributed by atoms with Crippen molar-refractivity contribution in [3.63, 3.8) is 0 Å². The van der Waals surface area contributed by atoms with Crippen LogP contribution in [0.4, 0.5) is 5.82 Å². The van der Waals surface area contributed by atoms with Crippen LogP contribution in [0, 0.1) is 5.92 Å². The summed E-state index contributed by atoms with van der Waals surface area (Å²) in [6.07, 6.45) is 6.11. The maximum absolute atomic E-state index is 13.2. The van der Waals surface area contributed by atoms with Crippen LogP contribution in [0.15, 0.2) is 24.3 Å². The van der Waals surface area contributed by atoms with Crippen molar-refractivity contribution in [3.05, 3.63) is 34.7 Å². The molecule has 3 N–H and O–H groups in total. The number of amides is 1. The normalized spacial score (nSPS) is 29.3. The molecular formula is C23H28N4O2S. The number of aromatic nitrogens is 1. The quantitative estimate of drug-likeness (QED) is 0.775. The number of nitrogen functional groups attached to an aromatic ring is 1. The van der Waals surface area contributed by atoms with Gasteiger partial charge in [-0.2, -0.15) is 0 Å². The Morgan fingerprint density at radius 3 is 2.90 bits per heavy atom. The van der Waals surface area contributed by atoms with Crippen molar-refractivity contribution < 1.29 is 9.53 Å². The van der Waals surface area contributed by atoms with E-state index in [2.05, 4.69) is 21.3 Å². The van der Waals surface area contributed by atoms with Crippen molar-refractivity contribution in [3.8, 4) is 10.6 Å². The van der Waals surface area contributed by atoms with Crippen LogP contribution < -0.4 is 11.1 Å². The lowest BCUT2D eigenvalue weighted by atomic mass is 9.81. The van der Waals surface area contributed by atoms with Gasteiger partial charge in [-0.15, -0.1) is 11.3 Å². The number of nitrogens with two attached hydrogens (primary N) is 1. The van der Waals surface area contributed by atoms with Crippen LogP contribution >= 0.6 is 11.3 Å². The second kappa shape index (κ2) is 7.04. The monoisotopic (exact) mass is 424 g/mol. The van der Waals surface area contributed by atoms with Gasteiger partial charge in [-0.3, -0.25) is 4.79 Å². The molecule has 4 aliphatic heterocycles. The number of thiophene rings is 1. The molecule has 2 aromatic rings. The molecule has 0 aromatic carbocycles. The van der Waals surface area contributed by atoms with E-state index in [9.17, 15) is 4.79 Å². The molecule has 7 heteroatoms. The van der Waals surface area contributed by atoms with Crippen molar-refractivity contribution in [1.82, 2.24) is 15.2 Å². The van der Waals surface area contributed by atoms with E-state index in [0.717, 1.165) is 62.4 Å². The van der Waals surface area contributed by atoms with Crippen LogP contribution in [-0.2, 0) is 21.6 Å². The van der Waals surface area contributed by atoms with E-state index in [-0.39, 0.29) is 11.5 Å². The number of hydrogen-bond acceptors (Lipinski definition) is 6. The third kappa shape index (κ3) is 2.98. The van der Waals surface area contributed by atoms with E-state index >= 15 is 0 Å². The van der Waals surface area contributed by atoms with Crippen LogP contribution in [0.25, 0.3) is 10.6 Å². The first-order valence-corrected chi connectivity index (χ1v) is 12.0. The third-order valence-electron chi connectivity index (χ3n) is 7.53. The highest BCUT2D eigenvalue weighted by Gasteiger charge is 2.47. The van der Waals surface area contributed by atoms with E-state index < -0.39 is 0 Å². The summed E-state index contributed by atoms with van der Waals surface area (Å²) in [7, 11) is 0. The number of nitrogens with one attached hydrogen (secondary N) is 1. The van der Waals surface area contributed by atoms with Gasteiger partial charge in [0.15, 0.2) is 0 Å². The first-order valence-electron chi connectivity index (χ1n) is 11.2. The minimum absolute atomic E-state index is 0.183. The van der Waals surface area contributed by atoms with Gasteiger partial charge >= 0.3 is 0 Å². The SMILES string of the molecule is Nc1cccc(-c2cc3c(s2)CCOC32CCN(C(=O)[C@H]3C[C@H]4CC[C@@H]3N4)CC2)n1. The topological polar surface area (TPSA) is 80.5 Å². The summed E-state index contributed by atoms with van der Waals surface area (Å²) in [4.78, 5) is 22.3. The van der Waals surface area contributed by atoms with E-state index in [1.54, 1.807) is 0 Å². The van der Waals surface area contributed by atoms with Gasteiger partial charge in [0.05, 0.1) is 28.7 Å². The lowest BCUT2D eigenvalue weighted by molar-refractivity contribution is -0.145. The number of ether oxygens (including phenoxy) is 1. The van der Waals surface area contributed by atoms with Gasteiger partial charge in [0.1, 0.15) is 5.82 Å². The number of carbonyl (C=O) groups excluding carboxylic acids is 1. The zero-order valence-corrected chi connectivity index (χ0v) is 17.9. The van der Waals surface area contributed by atoms with Gasteiger partial charge in [0.2, 0.25) is 5.91 Å². The Morgan fingerprint density at radius 2 is 2.17 bits per heavy atom. The molecule has 30 heavy (non-hydrogen) atoms. The minimum Gasteiger partial charge on any atom is -0.384 e. The molecule has 0 saturated carbocycles. The van der Waals surface area contributed by atoms with Gasteiger partial charge < -0.3 is 20.7 Å². The Kier molecular flexibility index (Phi) is 4.41. The highest BCUT2D eigenvalue weighted by molar-refractivity contribution is 7.15. The molecule has 2 aromatic heterocycles. The van der Waals surface area contributed by atoms with Gasteiger partial charge in [-0.25, -0.2) is 4.98 Å². The highest BCUT2D eigenvalue weighted by atomic mass is 32.1. The second-order valence-electron chi connectivity index (χ2n) is 9.20. The molecule has 6 rings (SSSR count). The average Bonchev–Trinajstić information content (AvgIpc) is 3.50.